The third kappa shape index (κ3) is 3.13. The van der Waals surface area contributed by atoms with E-state index in [4.69, 9.17) is 7.74 Å². The van der Waals surface area contributed by atoms with Crippen LogP contribution in [-0.2, 0) is 9.53 Å². The molecule has 0 aliphatic carbocycles. The highest BCUT2D eigenvalue weighted by atomic mass is 16.5. The first-order chi connectivity index (χ1) is 6.76. The normalized spacial score (nSPS) is 10.1. The molecule has 0 amide bonds. The molecule has 2 nitrogen and oxygen atoms in total. The molecule has 67 valence electrons. The van der Waals surface area contributed by atoms with E-state index in [9.17, 15) is 4.79 Å². The van der Waals surface area contributed by atoms with Gasteiger partial charge in [0.05, 0.1) is 14.3 Å². The predicted octanol–water partition coefficient (Wildman–Crippen LogP) is 0.286. The van der Waals surface area contributed by atoms with Crippen molar-refractivity contribution in [2.75, 3.05) is 7.11 Å². The first kappa shape index (κ1) is 10.6. The average molecular weight is 183 g/mol. The van der Waals surface area contributed by atoms with Crippen LogP contribution in [0.4, 0.5) is 0 Å². The Morgan fingerprint density at radius 2 is 2.07 bits per heavy atom. The fraction of sp³-hybridized carbons (Fsp3) is 0.100. The number of rotatable bonds is 3. The van der Waals surface area contributed by atoms with Crippen molar-refractivity contribution in [1.29, 1.82) is 0 Å². The highest BCUT2D eigenvalue weighted by Gasteiger charge is 1.92. The molecular weight excluding hydrogens is 174 g/mol. The minimum absolute atomic E-state index is 0.362. The van der Waals surface area contributed by atoms with Gasteiger partial charge in [0, 0.05) is 13.8 Å². The molecule has 1 rings (SSSR count). The van der Waals surface area contributed by atoms with Crippen LogP contribution >= 0.6 is 0 Å². The lowest BCUT2D eigenvalue weighted by Crippen LogP contribution is -2.12. The molecular formula is C10H9B2O2. The van der Waals surface area contributed by atoms with E-state index in [2.05, 4.69) is 4.74 Å². The fourth-order valence-corrected chi connectivity index (χ4v) is 0.951. The average Bonchev–Trinajstić information content (AvgIpc) is 2.26. The molecule has 0 aliphatic rings. The van der Waals surface area contributed by atoms with Gasteiger partial charge in [0.15, 0.2) is 0 Å². The van der Waals surface area contributed by atoms with Crippen LogP contribution < -0.4 is 5.46 Å². The lowest BCUT2D eigenvalue weighted by atomic mass is 9.51. The Morgan fingerprint density at radius 1 is 1.43 bits per heavy atom. The van der Waals surface area contributed by atoms with Crippen molar-refractivity contribution in [2.45, 2.75) is 0 Å². The SMILES string of the molecule is [B][B]c1ccc(/C=C/C(=O)OC)cc1. The fourth-order valence-electron chi connectivity index (χ4n) is 0.951. The van der Waals surface area contributed by atoms with E-state index in [-0.39, 0.29) is 5.97 Å². The molecule has 14 heavy (non-hydrogen) atoms. The summed E-state index contributed by atoms with van der Waals surface area (Å²) in [5, 5.41) is 0. The van der Waals surface area contributed by atoms with Gasteiger partial charge in [0.1, 0.15) is 0 Å². The van der Waals surface area contributed by atoms with Crippen molar-refractivity contribution in [3.63, 3.8) is 0 Å². The summed E-state index contributed by atoms with van der Waals surface area (Å²) in [6.45, 7) is 0. The van der Waals surface area contributed by atoms with Crippen LogP contribution in [0, 0.1) is 0 Å². The van der Waals surface area contributed by atoms with Gasteiger partial charge < -0.3 is 4.74 Å². The van der Waals surface area contributed by atoms with E-state index in [0.717, 1.165) is 11.0 Å². The maximum absolute atomic E-state index is 10.8. The van der Waals surface area contributed by atoms with E-state index >= 15 is 0 Å². The van der Waals surface area contributed by atoms with Crippen LogP contribution in [0.3, 0.4) is 0 Å². The van der Waals surface area contributed by atoms with Crippen molar-refractivity contribution in [2.24, 2.45) is 0 Å². The number of esters is 1. The number of hydrogen-bond acceptors (Lipinski definition) is 2. The van der Waals surface area contributed by atoms with Gasteiger partial charge in [-0.1, -0.05) is 29.7 Å². The monoisotopic (exact) mass is 183 g/mol. The highest BCUT2D eigenvalue weighted by molar-refractivity contribution is 6.97. The Hall–Kier alpha value is -1.44. The maximum atomic E-state index is 10.8. The predicted molar refractivity (Wildman–Crippen MR) is 58.6 cm³/mol. The molecule has 0 atom stereocenters. The van der Waals surface area contributed by atoms with Crippen molar-refractivity contribution < 1.29 is 9.53 Å². The number of ether oxygens (including phenoxy) is 1. The Morgan fingerprint density at radius 3 is 2.57 bits per heavy atom. The highest BCUT2D eigenvalue weighted by Crippen LogP contribution is 1.99. The lowest BCUT2D eigenvalue weighted by Gasteiger charge is -1.96. The van der Waals surface area contributed by atoms with Gasteiger partial charge >= 0.3 is 5.97 Å². The van der Waals surface area contributed by atoms with Gasteiger partial charge in [-0.05, 0) is 11.6 Å². The molecule has 0 heterocycles. The standard InChI is InChI=1S/C10H9B2O2/c1-14-10(13)7-4-8-2-5-9(12-11)6-3-8/h2-7H,1H3/b7-4+. The van der Waals surface area contributed by atoms with Gasteiger partial charge in [0.2, 0.25) is 0 Å². The zero-order valence-corrected chi connectivity index (χ0v) is 7.94. The number of hydrogen-bond donors (Lipinski definition) is 0. The molecule has 0 saturated carbocycles. The van der Waals surface area contributed by atoms with Crippen LogP contribution in [0.2, 0.25) is 0 Å². The minimum atomic E-state index is -0.362. The van der Waals surface area contributed by atoms with E-state index < -0.39 is 0 Å². The number of benzene rings is 1. The Labute approximate surface area is 85.6 Å². The third-order valence-corrected chi connectivity index (χ3v) is 1.74. The number of methoxy groups -OCH3 is 1. The summed E-state index contributed by atoms with van der Waals surface area (Å²) in [6.07, 6.45) is 3.06. The molecule has 1 aromatic carbocycles. The molecule has 0 bridgehead atoms. The summed E-state index contributed by atoms with van der Waals surface area (Å²) >= 11 is 0. The molecule has 0 aliphatic heterocycles. The Balaban J connectivity index is 2.68. The van der Waals surface area contributed by atoms with E-state index in [1.54, 1.807) is 6.08 Å². The number of carbonyl (C=O) groups excluding carboxylic acids is 1. The Kier molecular flexibility index (Phi) is 4.05. The van der Waals surface area contributed by atoms with Gasteiger partial charge in [-0.15, -0.1) is 0 Å². The minimum Gasteiger partial charge on any atom is -0.466 e. The second-order valence-electron chi connectivity index (χ2n) is 2.69. The second kappa shape index (κ2) is 5.32. The Bertz CT molecular complexity index is 330. The summed E-state index contributed by atoms with van der Waals surface area (Å²) in [6, 6.07) is 7.49. The van der Waals surface area contributed by atoms with Crippen LogP contribution in [0.25, 0.3) is 6.08 Å². The van der Waals surface area contributed by atoms with Crippen molar-refractivity contribution in [3.05, 3.63) is 35.9 Å². The smallest absolute Gasteiger partial charge is 0.330 e. The van der Waals surface area contributed by atoms with Crippen molar-refractivity contribution in [3.8, 4) is 0 Å². The largest absolute Gasteiger partial charge is 0.466 e. The summed E-state index contributed by atoms with van der Waals surface area (Å²) in [7, 11) is 8.19. The molecule has 0 aromatic heterocycles. The van der Waals surface area contributed by atoms with Crippen LogP contribution in [0.15, 0.2) is 30.3 Å². The third-order valence-electron chi connectivity index (χ3n) is 1.74. The van der Waals surface area contributed by atoms with Crippen LogP contribution in [-0.4, -0.2) is 28.0 Å². The molecule has 0 spiro atoms. The van der Waals surface area contributed by atoms with E-state index in [1.807, 2.05) is 24.3 Å². The van der Waals surface area contributed by atoms with Gasteiger partial charge in [-0.2, -0.15) is 0 Å². The summed E-state index contributed by atoms with van der Waals surface area (Å²) in [5.41, 5.74) is 1.88. The zero-order chi connectivity index (χ0) is 10.4. The molecule has 4 heteroatoms. The molecule has 0 fully saturated rings. The van der Waals surface area contributed by atoms with Gasteiger partial charge in [-0.3, -0.25) is 0 Å². The maximum Gasteiger partial charge on any atom is 0.330 e. The molecule has 1 aromatic rings. The summed E-state index contributed by atoms with van der Waals surface area (Å²) in [5.74, 6) is -0.362. The molecule has 3 radical (unpaired) electrons. The van der Waals surface area contributed by atoms with E-state index in [1.165, 1.54) is 20.4 Å². The van der Waals surface area contributed by atoms with Crippen molar-refractivity contribution in [1.82, 2.24) is 0 Å². The van der Waals surface area contributed by atoms with Crippen LogP contribution in [0.1, 0.15) is 5.56 Å². The van der Waals surface area contributed by atoms with Gasteiger partial charge in [0.25, 0.3) is 0 Å². The lowest BCUT2D eigenvalue weighted by molar-refractivity contribution is -0.134. The first-order valence-corrected chi connectivity index (χ1v) is 4.17. The number of carbonyl (C=O) groups is 1. The molecule has 0 unspecified atom stereocenters. The van der Waals surface area contributed by atoms with E-state index in [0.29, 0.717) is 0 Å². The quantitative estimate of drug-likeness (QED) is 0.382. The van der Waals surface area contributed by atoms with Crippen LogP contribution in [0.5, 0.6) is 0 Å². The van der Waals surface area contributed by atoms with Gasteiger partial charge in [-0.25, -0.2) is 4.79 Å². The molecule has 0 N–H and O–H groups in total. The summed E-state index contributed by atoms with van der Waals surface area (Å²) < 4.78 is 4.46. The summed E-state index contributed by atoms with van der Waals surface area (Å²) in [4.78, 5) is 10.8. The topological polar surface area (TPSA) is 26.3 Å². The second-order valence-corrected chi connectivity index (χ2v) is 2.69. The van der Waals surface area contributed by atoms with Crippen molar-refractivity contribution >= 4 is 32.4 Å². The first-order valence-electron chi connectivity index (χ1n) is 4.17. The molecule has 0 saturated heterocycles. The zero-order valence-electron chi connectivity index (χ0n) is 7.94.